The lowest BCUT2D eigenvalue weighted by molar-refractivity contribution is -0.299. The Balaban J connectivity index is 1.55. The number of carbonyl (C=O) groups excluding carboxylic acids is 3. The third-order valence-corrected chi connectivity index (χ3v) is 5.60. The summed E-state index contributed by atoms with van der Waals surface area (Å²) in [7, 11) is 1.32. The van der Waals surface area contributed by atoms with Gasteiger partial charge in [-0.25, -0.2) is 4.79 Å². The highest BCUT2D eigenvalue weighted by atomic mass is 16.7. The maximum Gasteiger partial charge on any atom is 0.412 e. The summed E-state index contributed by atoms with van der Waals surface area (Å²) < 4.78 is 38.2. The number of hydrogen-bond acceptors (Lipinski definition) is 11. The molecule has 1 fully saturated rings. The van der Waals surface area contributed by atoms with Crippen LogP contribution in [0.1, 0.15) is 25.7 Å². The molecule has 1 saturated heterocycles. The van der Waals surface area contributed by atoms with Crippen molar-refractivity contribution in [3.63, 3.8) is 0 Å². The van der Waals surface area contributed by atoms with Gasteiger partial charge in [0.1, 0.15) is 6.10 Å². The van der Waals surface area contributed by atoms with Crippen LogP contribution in [0.15, 0.2) is 30.4 Å². The molecule has 3 aliphatic rings. The molecular weight excluding hydrogens is 466 g/mol. The minimum absolute atomic E-state index is 0.0616. The molecule has 0 unspecified atom stereocenters. The Hall–Kier alpha value is -3.35. The maximum atomic E-state index is 12.8. The van der Waals surface area contributed by atoms with Gasteiger partial charge in [0.25, 0.3) is 0 Å². The van der Waals surface area contributed by atoms with Crippen LogP contribution in [-0.4, -0.2) is 74.4 Å². The molecule has 2 N–H and O–H groups in total. The molecule has 1 aromatic carbocycles. The standard InChI is InChI=1S/C23H27NO11/c1-29-22-21-20(33-17(26)6-4-2-3-5-7-18(27)34-21)19(16(11-25)32-22)35-23(28)24-13-8-9-14-15(10-13)31-12-30-14/h2-3,8-10,16,19-22,25H,4-7,11-12H2,1H3,(H,24,28)/t16-,19-,20+,21+,22+/m1/s1. The first kappa shape index (κ1) is 24.8. The van der Waals surface area contributed by atoms with Crippen molar-refractivity contribution in [1.29, 1.82) is 0 Å². The van der Waals surface area contributed by atoms with Crippen molar-refractivity contribution in [2.45, 2.75) is 56.4 Å². The molecule has 4 rings (SSSR count). The highest BCUT2D eigenvalue weighted by molar-refractivity contribution is 5.85. The fourth-order valence-electron chi connectivity index (χ4n) is 3.92. The molecule has 0 spiro atoms. The molecule has 3 heterocycles. The second-order valence-corrected chi connectivity index (χ2v) is 7.98. The molecule has 12 nitrogen and oxygen atoms in total. The van der Waals surface area contributed by atoms with Crippen molar-refractivity contribution in [3.8, 4) is 11.5 Å². The summed E-state index contributed by atoms with van der Waals surface area (Å²) in [5.74, 6) is -0.179. The summed E-state index contributed by atoms with van der Waals surface area (Å²) in [6.07, 6.45) is -2.47. The van der Waals surface area contributed by atoms with Crippen LogP contribution in [0.5, 0.6) is 11.5 Å². The number of rotatable bonds is 4. The topological polar surface area (TPSA) is 148 Å². The van der Waals surface area contributed by atoms with Crippen LogP contribution in [-0.2, 0) is 33.3 Å². The van der Waals surface area contributed by atoms with E-state index in [1.54, 1.807) is 30.4 Å². The Morgan fingerprint density at radius 3 is 2.43 bits per heavy atom. The highest BCUT2D eigenvalue weighted by Gasteiger charge is 2.52. The van der Waals surface area contributed by atoms with Crippen LogP contribution in [0, 0.1) is 0 Å². The van der Waals surface area contributed by atoms with E-state index in [0.717, 1.165) is 0 Å². The Morgan fingerprint density at radius 2 is 1.74 bits per heavy atom. The summed E-state index contributed by atoms with van der Waals surface area (Å²) >= 11 is 0. The Kier molecular flexibility index (Phi) is 8.06. The zero-order valence-corrected chi connectivity index (χ0v) is 19.0. The molecular formula is C23H27NO11. The predicted octanol–water partition coefficient (Wildman–Crippen LogP) is 1.65. The largest absolute Gasteiger partial charge is 0.454 e. The number of aliphatic hydroxyl groups is 1. The van der Waals surface area contributed by atoms with E-state index < -0.39 is 55.3 Å². The molecule has 0 aliphatic carbocycles. The normalized spacial score (nSPS) is 28.6. The van der Waals surface area contributed by atoms with Crippen molar-refractivity contribution in [3.05, 3.63) is 30.4 Å². The number of fused-ring (bicyclic) bond motifs is 2. The Bertz CT molecular complexity index is 965. The van der Waals surface area contributed by atoms with E-state index in [0.29, 0.717) is 30.0 Å². The second kappa shape index (κ2) is 11.4. The average molecular weight is 493 g/mol. The number of ether oxygens (including phenoxy) is 7. The van der Waals surface area contributed by atoms with Gasteiger partial charge in [0.15, 0.2) is 36.1 Å². The van der Waals surface area contributed by atoms with Gasteiger partial charge in [0.05, 0.1) is 6.61 Å². The van der Waals surface area contributed by atoms with E-state index in [-0.39, 0.29) is 19.6 Å². The predicted molar refractivity (Wildman–Crippen MR) is 117 cm³/mol. The molecule has 1 amide bonds. The van der Waals surface area contributed by atoms with Gasteiger partial charge in [0.2, 0.25) is 6.79 Å². The first-order chi connectivity index (χ1) is 17.0. The zero-order chi connectivity index (χ0) is 24.8. The van der Waals surface area contributed by atoms with Crippen LogP contribution in [0.25, 0.3) is 0 Å². The molecule has 5 atom stereocenters. The molecule has 0 radical (unpaired) electrons. The number of allylic oxidation sites excluding steroid dienone is 2. The van der Waals surface area contributed by atoms with Gasteiger partial charge in [0, 0.05) is 31.7 Å². The third kappa shape index (κ3) is 6.02. The van der Waals surface area contributed by atoms with Crippen molar-refractivity contribution >= 4 is 23.7 Å². The van der Waals surface area contributed by atoms with Crippen molar-refractivity contribution in [1.82, 2.24) is 0 Å². The Labute approximate surface area is 201 Å². The van der Waals surface area contributed by atoms with Gasteiger partial charge in [-0.1, -0.05) is 12.2 Å². The molecule has 0 aromatic heterocycles. The smallest absolute Gasteiger partial charge is 0.412 e. The molecule has 0 saturated carbocycles. The van der Waals surface area contributed by atoms with Crippen LogP contribution in [0.3, 0.4) is 0 Å². The van der Waals surface area contributed by atoms with Gasteiger partial charge < -0.3 is 38.3 Å². The van der Waals surface area contributed by atoms with Crippen LogP contribution < -0.4 is 14.8 Å². The van der Waals surface area contributed by atoms with Gasteiger partial charge >= 0.3 is 18.0 Å². The van der Waals surface area contributed by atoms with E-state index in [1.165, 1.54) is 7.11 Å². The summed E-state index contributed by atoms with van der Waals surface area (Å²) in [5.41, 5.74) is 0.358. The highest BCUT2D eigenvalue weighted by Crippen LogP contribution is 2.35. The SMILES string of the molecule is CO[C@H]1O[C@H](CO)[C@@H](OC(=O)Nc2ccc3c(c2)OCO3)[C@@H]2OC(=O)CCC=CCCC(=O)O[C@H]12. The molecule has 12 heteroatoms. The quantitative estimate of drug-likeness (QED) is 0.358. The van der Waals surface area contributed by atoms with E-state index in [9.17, 15) is 19.5 Å². The lowest BCUT2D eigenvalue weighted by atomic mass is 9.98. The number of anilines is 1. The van der Waals surface area contributed by atoms with Gasteiger partial charge in [-0.3, -0.25) is 14.9 Å². The fourth-order valence-corrected chi connectivity index (χ4v) is 3.92. The average Bonchev–Trinajstić information content (AvgIpc) is 3.30. The van der Waals surface area contributed by atoms with E-state index in [2.05, 4.69) is 5.32 Å². The third-order valence-electron chi connectivity index (χ3n) is 5.60. The van der Waals surface area contributed by atoms with Crippen molar-refractivity contribution in [2.24, 2.45) is 0 Å². The van der Waals surface area contributed by atoms with Gasteiger partial charge in [-0.2, -0.15) is 0 Å². The summed E-state index contributed by atoms with van der Waals surface area (Å²) in [4.78, 5) is 37.7. The fraction of sp³-hybridized carbons (Fsp3) is 0.522. The van der Waals surface area contributed by atoms with Gasteiger partial charge in [-0.05, 0) is 25.0 Å². The summed E-state index contributed by atoms with van der Waals surface area (Å²) in [6.45, 7) is -0.510. The first-order valence-corrected chi connectivity index (χ1v) is 11.2. The van der Waals surface area contributed by atoms with Gasteiger partial charge in [-0.15, -0.1) is 0 Å². The maximum absolute atomic E-state index is 12.8. The van der Waals surface area contributed by atoms with E-state index in [4.69, 9.17) is 33.2 Å². The second-order valence-electron chi connectivity index (χ2n) is 7.98. The van der Waals surface area contributed by atoms with Crippen LogP contribution in [0.2, 0.25) is 0 Å². The van der Waals surface area contributed by atoms with E-state index in [1.807, 2.05) is 0 Å². The lowest BCUT2D eigenvalue weighted by Crippen LogP contribution is -2.62. The van der Waals surface area contributed by atoms with E-state index >= 15 is 0 Å². The summed E-state index contributed by atoms with van der Waals surface area (Å²) in [6, 6.07) is 4.77. The van der Waals surface area contributed by atoms with Crippen molar-refractivity contribution < 1.29 is 52.6 Å². The summed E-state index contributed by atoms with van der Waals surface area (Å²) in [5, 5.41) is 12.5. The Morgan fingerprint density at radius 1 is 1.06 bits per heavy atom. The number of amides is 1. The minimum atomic E-state index is -1.30. The number of esters is 2. The zero-order valence-electron chi connectivity index (χ0n) is 19.0. The minimum Gasteiger partial charge on any atom is -0.454 e. The molecule has 35 heavy (non-hydrogen) atoms. The monoisotopic (exact) mass is 493 g/mol. The first-order valence-electron chi connectivity index (χ1n) is 11.2. The molecule has 0 bridgehead atoms. The number of hydrogen-bond donors (Lipinski definition) is 2. The number of benzene rings is 1. The van der Waals surface area contributed by atoms with Crippen molar-refractivity contribution in [2.75, 3.05) is 25.8 Å². The van der Waals surface area contributed by atoms with Crippen LogP contribution in [0.4, 0.5) is 10.5 Å². The lowest BCUT2D eigenvalue weighted by Gasteiger charge is -2.43. The number of methoxy groups -OCH3 is 1. The number of nitrogens with one attached hydrogen (secondary N) is 1. The number of aliphatic hydroxyl groups excluding tert-OH is 1. The molecule has 3 aliphatic heterocycles. The molecule has 1 aromatic rings. The number of carbonyl (C=O) groups is 3. The molecule has 190 valence electrons. The van der Waals surface area contributed by atoms with Crippen LogP contribution >= 0.6 is 0 Å².